The Morgan fingerprint density at radius 3 is 1.66 bits per heavy atom. The van der Waals surface area contributed by atoms with E-state index >= 15 is 4.79 Å². The van der Waals surface area contributed by atoms with Crippen molar-refractivity contribution in [1.29, 1.82) is 0 Å². The normalized spacial score (nSPS) is 15.4. The molecule has 2 unspecified atom stereocenters. The number of rotatable bonds is 28. The third-order valence-corrected chi connectivity index (χ3v) is 16.2. The van der Waals surface area contributed by atoms with Crippen LogP contribution in [-0.4, -0.2) is 24.9 Å². The third-order valence-electron chi connectivity index (χ3n) is 13.0. The number of thiophene rings is 2. The standard InChI is InChI=1S/C54H80N2O2S3/c1-9-14-18-21-22-25-29-40(28-24-20-16-11-3)38-56-44-35-41-43(55(52(57)50(41)45(59)30-17-12-4)37-39(26-13-5)27-23-19-15-10-2)36-42(44)51(53(56)58)48-32-31-46(60-48)47-33-34-49(61-47)54(6,7)8/h30-36,39-40,59H,9-29,37-38H2,1-8H3/b45-30-. The molecule has 2 aliphatic rings. The average Bonchev–Trinajstić information content (AvgIpc) is 4.03. The van der Waals surface area contributed by atoms with Gasteiger partial charge in [0.25, 0.3) is 11.8 Å². The zero-order valence-electron chi connectivity index (χ0n) is 39.4. The molecule has 2 aliphatic heterocycles. The number of amides is 2. The van der Waals surface area contributed by atoms with Gasteiger partial charge in [-0.15, -0.1) is 35.3 Å². The lowest BCUT2D eigenvalue weighted by atomic mass is 9.93. The summed E-state index contributed by atoms with van der Waals surface area (Å²) in [6.45, 7) is 19.5. The highest BCUT2D eigenvalue weighted by atomic mass is 32.1. The molecule has 1 aromatic carbocycles. The average molecular weight is 885 g/mol. The summed E-state index contributed by atoms with van der Waals surface area (Å²) in [7, 11) is 0. The molecule has 2 atom stereocenters. The first-order valence-corrected chi connectivity index (χ1v) is 26.7. The van der Waals surface area contributed by atoms with Crippen LogP contribution in [0, 0.1) is 11.8 Å². The zero-order valence-corrected chi connectivity index (χ0v) is 42.0. The molecule has 7 heteroatoms. The van der Waals surface area contributed by atoms with Gasteiger partial charge in [0.1, 0.15) is 0 Å². The molecular formula is C54H80N2O2S3. The molecule has 0 aliphatic carbocycles. The number of carbonyl (C=O) groups excluding carboxylic acids is 2. The molecule has 0 saturated heterocycles. The highest BCUT2D eigenvalue weighted by molar-refractivity contribution is 7.85. The molecule has 0 fully saturated rings. The van der Waals surface area contributed by atoms with Gasteiger partial charge in [-0.3, -0.25) is 9.59 Å². The summed E-state index contributed by atoms with van der Waals surface area (Å²) in [5, 5.41) is 1.92. The van der Waals surface area contributed by atoms with Crippen molar-refractivity contribution < 1.29 is 9.59 Å². The second kappa shape index (κ2) is 24.5. The minimum absolute atomic E-state index is 0.0627. The highest BCUT2D eigenvalue weighted by Crippen LogP contribution is 2.41. The molecule has 4 nitrogen and oxygen atoms in total. The van der Waals surface area contributed by atoms with Crippen molar-refractivity contribution in [2.24, 2.45) is 11.8 Å². The van der Waals surface area contributed by atoms with E-state index < -0.39 is 0 Å². The Morgan fingerprint density at radius 1 is 0.590 bits per heavy atom. The fourth-order valence-electron chi connectivity index (χ4n) is 9.36. The fourth-order valence-corrected chi connectivity index (χ4v) is 11.9. The second-order valence-corrected chi connectivity index (χ2v) is 21.8. The predicted octanol–water partition coefficient (Wildman–Crippen LogP) is 15.2. The van der Waals surface area contributed by atoms with Gasteiger partial charge in [0.2, 0.25) is 0 Å². The first-order valence-electron chi connectivity index (χ1n) is 24.6. The number of unbranched alkanes of at least 4 members (excludes halogenated alkanes) is 12. The van der Waals surface area contributed by atoms with E-state index in [2.05, 4.69) is 108 Å². The van der Waals surface area contributed by atoms with E-state index in [0.29, 0.717) is 24.0 Å². The summed E-state index contributed by atoms with van der Waals surface area (Å²) in [4.78, 5) is 39.9. The van der Waals surface area contributed by atoms with E-state index in [4.69, 9.17) is 12.6 Å². The number of fused-ring (bicyclic) bond motifs is 2. The SMILES string of the molecule is CCC/C=C(\S)C1=c2cc3c(cc2N(CC(CCC)CCCCCC)C1=O)=C(c1ccc(-c2ccc(C(C)(C)C)s2)s1)C(=O)N3CC(CCCCCC)CCCCCCCC. The Bertz CT molecular complexity index is 2030. The maximum atomic E-state index is 15.3. The van der Waals surface area contributed by atoms with Crippen LogP contribution in [0.3, 0.4) is 0 Å². The van der Waals surface area contributed by atoms with Crippen LogP contribution in [0.25, 0.3) is 20.9 Å². The number of anilines is 2. The molecule has 0 bridgehead atoms. The summed E-state index contributed by atoms with van der Waals surface area (Å²) in [6.07, 6.45) is 27.2. The lowest BCUT2D eigenvalue weighted by Crippen LogP contribution is -2.35. The van der Waals surface area contributed by atoms with Crippen LogP contribution in [0.5, 0.6) is 0 Å². The lowest BCUT2D eigenvalue weighted by molar-refractivity contribution is -0.114. The number of hydrogen-bond acceptors (Lipinski definition) is 5. The molecule has 0 spiro atoms. The summed E-state index contributed by atoms with van der Waals surface area (Å²) >= 11 is 8.64. The monoisotopic (exact) mass is 885 g/mol. The van der Waals surface area contributed by atoms with Gasteiger partial charge >= 0.3 is 0 Å². The third kappa shape index (κ3) is 13.0. The first-order chi connectivity index (χ1) is 29.5. The predicted molar refractivity (Wildman–Crippen MR) is 272 cm³/mol. The molecule has 61 heavy (non-hydrogen) atoms. The topological polar surface area (TPSA) is 40.6 Å². The fraction of sp³-hybridized carbons (Fsp3) is 0.630. The van der Waals surface area contributed by atoms with Crippen LogP contribution in [0.15, 0.2) is 47.4 Å². The van der Waals surface area contributed by atoms with Crippen molar-refractivity contribution in [3.05, 3.63) is 67.6 Å². The molecule has 2 aromatic heterocycles. The van der Waals surface area contributed by atoms with Crippen molar-refractivity contribution in [1.82, 2.24) is 0 Å². The molecule has 0 saturated carbocycles. The Morgan fingerprint density at radius 2 is 1.08 bits per heavy atom. The van der Waals surface area contributed by atoms with Crippen LogP contribution in [0.2, 0.25) is 0 Å². The van der Waals surface area contributed by atoms with Crippen LogP contribution >= 0.6 is 35.3 Å². The summed E-state index contributed by atoms with van der Waals surface area (Å²) in [6, 6.07) is 13.4. The number of benzene rings is 1. The molecule has 0 N–H and O–H groups in total. The summed E-state index contributed by atoms with van der Waals surface area (Å²) < 4.78 is 0. The number of hydrogen-bond donors (Lipinski definition) is 1. The van der Waals surface area contributed by atoms with Crippen molar-refractivity contribution in [3.63, 3.8) is 0 Å². The van der Waals surface area contributed by atoms with Crippen molar-refractivity contribution in [3.8, 4) is 9.75 Å². The number of nitrogens with zero attached hydrogens (tertiary/aromatic N) is 2. The second-order valence-electron chi connectivity index (χ2n) is 19.2. The minimum Gasteiger partial charge on any atom is -0.307 e. The van der Waals surface area contributed by atoms with Gasteiger partial charge in [0.05, 0.1) is 22.5 Å². The van der Waals surface area contributed by atoms with Crippen LogP contribution in [0.4, 0.5) is 11.4 Å². The minimum atomic E-state index is 0.0627. The van der Waals surface area contributed by atoms with Gasteiger partial charge < -0.3 is 9.80 Å². The van der Waals surface area contributed by atoms with Gasteiger partial charge in [-0.1, -0.05) is 164 Å². The number of carbonyl (C=O) groups is 2. The quantitative estimate of drug-likeness (QED) is 0.0583. The van der Waals surface area contributed by atoms with Gasteiger partial charge in [-0.25, -0.2) is 0 Å². The van der Waals surface area contributed by atoms with E-state index in [9.17, 15) is 4.79 Å². The number of thiol groups is 1. The number of allylic oxidation sites excluding steroid dienone is 1. The van der Waals surface area contributed by atoms with Crippen LogP contribution in [-0.2, 0) is 15.0 Å². The maximum absolute atomic E-state index is 15.3. The molecule has 336 valence electrons. The summed E-state index contributed by atoms with van der Waals surface area (Å²) in [5.41, 5.74) is 3.50. The van der Waals surface area contributed by atoms with E-state index in [1.54, 1.807) is 11.3 Å². The van der Waals surface area contributed by atoms with E-state index in [0.717, 1.165) is 88.7 Å². The van der Waals surface area contributed by atoms with Gasteiger partial charge in [0, 0.05) is 47.9 Å². The van der Waals surface area contributed by atoms with Crippen molar-refractivity contribution >= 4 is 69.6 Å². The van der Waals surface area contributed by atoms with Crippen molar-refractivity contribution in [2.75, 3.05) is 22.9 Å². The zero-order chi connectivity index (χ0) is 43.9. The summed E-state index contributed by atoms with van der Waals surface area (Å²) in [5.74, 6) is 1.03. The lowest BCUT2D eigenvalue weighted by Gasteiger charge is -2.27. The van der Waals surface area contributed by atoms with E-state index in [-0.39, 0.29) is 17.2 Å². The molecule has 2 amide bonds. The van der Waals surface area contributed by atoms with Gasteiger partial charge in [-0.05, 0) is 85.8 Å². The molecule has 0 radical (unpaired) electrons. The van der Waals surface area contributed by atoms with Gasteiger partial charge in [-0.2, -0.15) is 0 Å². The highest BCUT2D eigenvalue weighted by Gasteiger charge is 2.37. The largest absolute Gasteiger partial charge is 0.307 e. The van der Waals surface area contributed by atoms with E-state index in [1.165, 1.54) is 105 Å². The Kier molecular flexibility index (Phi) is 19.8. The Hall–Kier alpha value is -2.61. The van der Waals surface area contributed by atoms with Crippen molar-refractivity contribution in [2.45, 2.75) is 196 Å². The molecular weight excluding hydrogens is 805 g/mol. The maximum Gasteiger partial charge on any atom is 0.260 e. The van der Waals surface area contributed by atoms with Gasteiger partial charge in [0.15, 0.2) is 0 Å². The molecule has 5 rings (SSSR count). The molecule has 4 heterocycles. The Balaban J connectivity index is 1.63. The first kappa shape index (κ1) is 49.4. The van der Waals surface area contributed by atoms with Crippen LogP contribution in [0.1, 0.15) is 200 Å². The van der Waals surface area contributed by atoms with E-state index in [1.807, 2.05) is 11.3 Å². The van der Waals surface area contributed by atoms with Crippen LogP contribution < -0.4 is 20.2 Å². The Labute approximate surface area is 384 Å². The smallest absolute Gasteiger partial charge is 0.260 e. The molecule has 3 aromatic rings.